The highest BCUT2D eigenvalue weighted by molar-refractivity contribution is 5.82. The number of piperidine rings is 1. The summed E-state index contributed by atoms with van der Waals surface area (Å²) in [5, 5.41) is 19.2. The van der Waals surface area contributed by atoms with E-state index < -0.39 is 12.0 Å². The number of nitrogens with one attached hydrogen (secondary N) is 1. The zero-order chi connectivity index (χ0) is 13.7. The van der Waals surface area contributed by atoms with Gasteiger partial charge in [0.2, 0.25) is 0 Å². The minimum atomic E-state index is -0.939. The molecule has 8 nitrogen and oxygen atoms in total. The predicted octanol–water partition coefficient (Wildman–Crippen LogP) is -0.0732. The van der Waals surface area contributed by atoms with Crippen molar-refractivity contribution in [3.8, 4) is 0 Å². The van der Waals surface area contributed by atoms with E-state index in [0.29, 0.717) is 26.1 Å². The summed E-state index contributed by atoms with van der Waals surface area (Å²) in [4.78, 5) is 24.4. The van der Waals surface area contributed by atoms with E-state index >= 15 is 0 Å². The Kier molecular flexibility index (Phi) is 4.32. The maximum atomic E-state index is 11.9. The van der Waals surface area contributed by atoms with Crippen molar-refractivity contribution in [2.75, 3.05) is 13.1 Å². The van der Waals surface area contributed by atoms with Gasteiger partial charge in [0.05, 0.1) is 12.7 Å². The van der Waals surface area contributed by atoms with Gasteiger partial charge < -0.3 is 15.3 Å². The van der Waals surface area contributed by atoms with Crippen LogP contribution in [0.3, 0.4) is 0 Å². The lowest BCUT2D eigenvalue weighted by atomic mass is 10.0. The average Bonchev–Trinajstić information content (AvgIpc) is 2.91. The third-order valence-corrected chi connectivity index (χ3v) is 3.14. The first-order valence-corrected chi connectivity index (χ1v) is 6.30. The van der Waals surface area contributed by atoms with Crippen LogP contribution >= 0.6 is 0 Å². The lowest BCUT2D eigenvalue weighted by molar-refractivity contribution is -0.143. The summed E-state index contributed by atoms with van der Waals surface area (Å²) in [5.41, 5.74) is 0. The van der Waals surface area contributed by atoms with Crippen molar-refractivity contribution in [2.24, 2.45) is 0 Å². The monoisotopic (exact) mass is 267 g/mol. The molecule has 8 heteroatoms. The standard InChI is InChI=1S/C11H17N5O3/c17-10(18)9-3-1-2-6-16(9)11(19)12-4-7-15-8-5-13-14-15/h5,8-9H,1-4,6-7H2,(H,12,19)(H,17,18). The zero-order valence-corrected chi connectivity index (χ0v) is 10.5. The number of carbonyl (C=O) groups is 2. The van der Waals surface area contributed by atoms with Gasteiger partial charge in [-0.15, -0.1) is 5.10 Å². The molecule has 2 N–H and O–H groups in total. The highest BCUT2D eigenvalue weighted by atomic mass is 16.4. The number of carboxylic acid groups (broad SMARTS) is 1. The van der Waals surface area contributed by atoms with Gasteiger partial charge in [0.1, 0.15) is 6.04 Å². The number of rotatable bonds is 4. The SMILES string of the molecule is O=C(O)C1CCCCN1C(=O)NCCn1ccnn1. The number of carbonyl (C=O) groups excluding carboxylic acids is 1. The van der Waals surface area contributed by atoms with Crippen LogP contribution in [0.1, 0.15) is 19.3 Å². The second-order valence-electron chi connectivity index (χ2n) is 4.44. The summed E-state index contributed by atoms with van der Waals surface area (Å²) >= 11 is 0. The van der Waals surface area contributed by atoms with E-state index in [2.05, 4.69) is 15.6 Å². The normalized spacial score (nSPS) is 19.2. The minimum Gasteiger partial charge on any atom is -0.480 e. The van der Waals surface area contributed by atoms with E-state index in [1.165, 1.54) is 4.90 Å². The van der Waals surface area contributed by atoms with Crippen molar-refractivity contribution in [2.45, 2.75) is 31.8 Å². The number of hydrogen-bond acceptors (Lipinski definition) is 4. The number of likely N-dealkylation sites (tertiary alicyclic amines) is 1. The molecule has 2 amide bonds. The molecule has 2 heterocycles. The largest absolute Gasteiger partial charge is 0.480 e. The lowest BCUT2D eigenvalue weighted by Gasteiger charge is -2.32. The molecule has 0 spiro atoms. The Morgan fingerprint density at radius 3 is 2.95 bits per heavy atom. The van der Waals surface area contributed by atoms with Gasteiger partial charge >= 0.3 is 12.0 Å². The second-order valence-corrected chi connectivity index (χ2v) is 4.44. The molecule has 1 aromatic rings. The van der Waals surface area contributed by atoms with Crippen molar-refractivity contribution in [1.29, 1.82) is 0 Å². The number of nitrogens with zero attached hydrogens (tertiary/aromatic N) is 4. The molecule has 0 aliphatic carbocycles. The molecule has 2 rings (SSSR count). The van der Waals surface area contributed by atoms with Gasteiger partial charge in [-0.2, -0.15) is 0 Å². The Morgan fingerprint density at radius 2 is 2.26 bits per heavy atom. The van der Waals surface area contributed by atoms with Gasteiger partial charge in [-0.05, 0) is 19.3 Å². The van der Waals surface area contributed by atoms with E-state index in [1.54, 1.807) is 17.1 Å². The first kappa shape index (κ1) is 13.3. The maximum absolute atomic E-state index is 11.9. The van der Waals surface area contributed by atoms with Gasteiger partial charge in [0.25, 0.3) is 0 Å². The fraction of sp³-hybridized carbons (Fsp3) is 0.636. The van der Waals surface area contributed by atoms with Crippen molar-refractivity contribution < 1.29 is 14.7 Å². The maximum Gasteiger partial charge on any atom is 0.326 e. The summed E-state index contributed by atoms with van der Waals surface area (Å²) in [6.07, 6.45) is 5.48. The molecule has 0 bridgehead atoms. The summed E-state index contributed by atoms with van der Waals surface area (Å²) < 4.78 is 1.60. The van der Waals surface area contributed by atoms with Crippen molar-refractivity contribution in [1.82, 2.24) is 25.2 Å². The average molecular weight is 267 g/mol. The summed E-state index contributed by atoms with van der Waals surface area (Å²) in [5.74, 6) is -0.939. The topological polar surface area (TPSA) is 100 Å². The molecule has 0 radical (unpaired) electrons. The Morgan fingerprint density at radius 1 is 1.42 bits per heavy atom. The van der Waals surface area contributed by atoms with E-state index in [1.807, 2.05) is 0 Å². The molecule has 1 aliphatic heterocycles. The Hall–Kier alpha value is -2.12. The number of amides is 2. The van der Waals surface area contributed by atoms with Gasteiger partial charge in [-0.1, -0.05) is 5.21 Å². The van der Waals surface area contributed by atoms with E-state index in [0.717, 1.165) is 12.8 Å². The van der Waals surface area contributed by atoms with Crippen LogP contribution in [0, 0.1) is 0 Å². The third kappa shape index (κ3) is 3.43. The van der Waals surface area contributed by atoms with Crippen molar-refractivity contribution >= 4 is 12.0 Å². The molecule has 0 aromatic carbocycles. The van der Waals surface area contributed by atoms with Crippen LogP contribution in [0.2, 0.25) is 0 Å². The van der Waals surface area contributed by atoms with E-state index in [4.69, 9.17) is 5.11 Å². The first-order chi connectivity index (χ1) is 9.18. The fourth-order valence-electron chi connectivity index (χ4n) is 2.16. The Balaban J connectivity index is 1.82. The Labute approximate surface area is 110 Å². The van der Waals surface area contributed by atoms with E-state index in [9.17, 15) is 9.59 Å². The molecule has 1 atom stereocenters. The van der Waals surface area contributed by atoms with Gasteiger partial charge in [0.15, 0.2) is 0 Å². The minimum absolute atomic E-state index is 0.327. The van der Waals surface area contributed by atoms with Gasteiger partial charge in [-0.3, -0.25) is 4.68 Å². The predicted molar refractivity (Wildman–Crippen MR) is 65.4 cm³/mol. The van der Waals surface area contributed by atoms with Crippen molar-refractivity contribution in [3.63, 3.8) is 0 Å². The van der Waals surface area contributed by atoms with Crippen LogP contribution in [0.4, 0.5) is 4.79 Å². The third-order valence-electron chi connectivity index (χ3n) is 3.14. The molecular weight excluding hydrogens is 250 g/mol. The highest BCUT2D eigenvalue weighted by Crippen LogP contribution is 2.17. The molecule has 104 valence electrons. The van der Waals surface area contributed by atoms with Crippen LogP contribution in [-0.2, 0) is 11.3 Å². The van der Waals surface area contributed by atoms with Gasteiger partial charge in [-0.25, -0.2) is 9.59 Å². The summed E-state index contributed by atoms with van der Waals surface area (Å²) in [7, 11) is 0. The van der Waals surface area contributed by atoms with Crippen LogP contribution in [-0.4, -0.2) is 56.1 Å². The first-order valence-electron chi connectivity index (χ1n) is 6.30. The quantitative estimate of drug-likeness (QED) is 0.795. The molecule has 1 saturated heterocycles. The van der Waals surface area contributed by atoms with Crippen molar-refractivity contribution in [3.05, 3.63) is 12.4 Å². The molecule has 1 fully saturated rings. The van der Waals surface area contributed by atoms with Crippen LogP contribution < -0.4 is 5.32 Å². The van der Waals surface area contributed by atoms with Crippen LogP contribution in [0.5, 0.6) is 0 Å². The molecular formula is C11H17N5O3. The molecule has 1 aromatic heterocycles. The van der Waals surface area contributed by atoms with Gasteiger partial charge in [0, 0.05) is 19.3 Å². The second kappa shape index (κ2) is 6.17. The lowest BCUT2D eigenvalue weighted by Crippen LogP contribution is -2.52. The molecule has 1 unspecified atom stereocenters. The number of aliphatic carboxylic acids is 1. The summed E-state index contributed by atoms with van der Waals surface area (Å²) in [6, 6.07) is -1.03. The number of carboxylic acids is 1. The highest BCUT2D eigenvalue weighted by Gasteiger charge is 2.31. The smallest absolute Gasteiger partial charge is 0.326 e. The van der Waals surface area contributed by atoms with Crippen LogP contribution in [0.15, 0.2) is 12.4 Å². The van der Waals surface area contributed by atoms with Crippen LogP contribution in [0.25, 0.3) is 0 Å². The molecule has 19 heavy (non-hydrogen) atoms. The number of aromatic nitrogens is 3. The number of urea groups is 1. The fourth-order valence-corrected chi connectivity index (χ4v) is 2.16. The number of hydrogen-bond donors (Lipinski definition) is 2. The molecule has 0 saturated carbocycles. The summed E-state index contributed by atoms with van der Waals surface area (Å²) in [6.45, 7) is 1.40. The van der Waals surface area contributed by atoms with E-state index in [-0.39, 0.29) is 6.03 Å². The molecule has 1 aliphatic rings. The zero-order valence-electron chi connectivity index (χ0n) is 10.5. The Bertz CT molecular complexity index is 434.